The monoisotopic (exact) mass is 289 g/mol. The van der Waals surface area contributed by atoms with Crippen molar-refractivity contribution in [2.24, 2.45) is 5.73 Å². The molecule has 0 atom stereocenters. The first-order valence-corrected chi connectivity index (χ1v) is 6.76. The Kier molecular flexibility index (Phi) is 4.63. The third-order valence-corrected chi connectivity index (χ3v) is 3.31. The lowest BCUT2D eigenvalue weighted by molar-refractivity contribution is 0.617. The molecule has 5 heteroatoms. The highest BCUT2D eigenvalue weighted by atomic mass is 32.1. The Morgan fingerprint density at radius 1 is 1.30 bits per heavy atom. The molecule has 0 saturated carbocycles. The number of benzene rings is 1. The van der Waals surface area contributed by atoms with E-state index < -0.39 is 0 Å². The van der Waals surface area contributed by atoms with Crippen LogP contribution in [0.25, 0.3) is 0 Å². The van der Waals surface area contributed by atoms with Crippen LogP contribution in [-0.2, 0) is 6.54 Å². The molecule has 0 spiro atoms. The van der Waals surface area contributed by atoms with Gasteiger partial charge in [0.2, 0.25) is 0 Å². The van der Waals surface area contributed by atoms with E-state index in [1.165, 1.54) is 6.07 Å². The van der Waals surface area contributed by atoms with Crippen LogP contribution in [0.1, 0.15) is 18.1 Å². The zero-order chi connectivity index (χ0) is 14.5. The number of nitrogens with zero attached hydrogens (tertiary/aromatic N) is 2. The first kappa shape index (κ1) is 14.4. The highest BCUT2D eigenvalue weighted by Crippen LogP contribution is 2.22. The van der Waals surface area contributed by atoms with Crippen LogP contribution >= 0.6 is 12.2 Å². The van der Waals surface area contributed by atoms with Crippen LogP contribution in [-0.4, -0.2) is 16.5 Å². The standard InChI is InChI=1S/C15H16FN3S/c1-2-19(10-11-5-7-18-8-6-11)14-4-3-12(15(17)20)9-13(14)16/h3-9H,2,10H2,1H3,(H2,17,20). The average molecular weight is 289 g/mol. The van der Waals surface area contributed by atoms with E-state index in [-0.39, 0.29) is 10.8 Å². The topological polar surface area (TPSA) is 42.2 Å². The number of nitrogens with two attached hydrogens (primary N) is 1. The SMILES string of the molecule is CCN(Cc1ccncc1)c1ccc(C(N)=S)cc1F. The van der Waals surface area contributed by atoms with Gasteiger partial charge in [0, 0.05) is 31.0 Å². The lowest BCUT2D eigenvalue weighted by atomic mass is 10.1. The van der Waals surface area contributed by atoms with Gasteiger partial charge in [0.15, 0.2) is 0 Å². The van der Waals surface area contributed by atoms with E-state index in [1.807, 2.05) is 24.0 Å². The van der Waals surface area contributed by atoms with Crippen LogP contribution in [0.3, 0.4) is 0 Å². The Balaban J connectivity index is 2.26. The van der Waals surface area contributed by atoms with E-state index >= 15 is 0 Å². The molecular formula is C15H16FN3S. The van der Waals surface area contributed by atoms with E-state index in [4.69, 9.17) is 18.0 Å². The van der Waals surface area contributed by atoms with Crippen LogP contribution in [0.5, 0.6) is 0 Å². The maximum absolute atomic E-state index is 14.2. The van der Waals surface area contributed by atoms with Gasteiger partial charge in [-0.3, -0.25) is 4.98 Å². The normalized spacial score (nSPS) is 10.3. The molecule has 1 heterocycles. The van der Waals surface area contributed by atoms with Gasteiger partial charge in [-0.15, -0.1) is 0 Å². The van der Waals surface area contributed by atoms with Crippen molar-refractivity contribution in [1.29, 1.82) is 0 Å². The van der Waals surface area contributed by atoms with Crippen molar-refractivity contribution in [2.45, 2.75) is 13.5 Å². The maximum atomic E-state index is 14.2. The number of aromatic nitrogens is 1. The number of thiocarbonyl (C=S) groups is 1. The smallest absolute Gasteiger partial charge is 0.147 e. The van der Waals surface area contributed by atoms with Crippen molar-refractivity contribution in [3.8, 4) is 0 Å². The highest BCUT2D eigenvalue weighted by Gasteiger charge is 2.12. The fraction of sp³-hybridized carbons (Fsp3) is 0.200. The molecule has 0 unspecified atom stereocenters. The van der Waals surface area contributed by atoms with E-state index in [9.17, 15) is 4.39 Å². The number of hydrogen-bond donors (Lipinski definition) is 1. The summed E-state index contributed by atoms with van der Waals surface area (Å²) in [7, 11) is 0. The molecule has 0 bridgehead atoms. The Hall–Kier alpha value is -2.01. The van der Waals surface area contributed by atoms with E-state index in [2.05, 4.69) is 4.98 Å². The Bertz CT molecular complexity index is 601. The van der Waals surface area contributed by atoms with Gasteiger partial charge in [-0.1, -0.05) is 12.2 Å². The van der Waals surface area contributed by atoms with Gasteiger partial charge in [0.25, 0.3) is 0 Å². The number of halogens is 1. The van der Waals surface area contributed by atoms with Crippen molar-refractivity contribution in [2.75, 3.05) is 11.4 Å². The molecule has 0 aliphatic heterocycles. The predicted octanol–water partition coefficient (Wildman–Crippen LogP) is 2.88. The van der Waals surface area contributed by atoms with Gasteiger partial charge in [-0.05, 0) is 42.8 Å². The second-order valence-corrected chi connectivity index (χ2v) is 4.84. The van der Waals surface area contributed by atoms with Gasteiger partial charge in [-0.2, -0.15) is 0 Å². The maximum Gasteiger partial charge on any atom is 0.147 e. The Labute approximate surface area is 123 Å². The largest absolute Gasteiger partial charge is 0.389 e. The van der Waals surface area contributed by atoms with Crippen LogP contribution < -0.4 is 10.6 Å². The van der Waals surface area contributed by atoms with Gasteiger partial charge in [0.05, 0.1) is 5.69 Å². The average Bonchev–Trinajstić information content (AvgIpc) is 2.46. The minimum atomic E-state index is -0.314. The summed E-state index contributed by atoms with van der Waals surface area (Å²) in [5, 5.41) is 0. The molecule has 2 N–H and O–H groups in total. The van der Waals surface area contributed by atoms with Gasteiger partial charge in [0.1, 0.15) is 10.8 Å². The quantitative estimate of drug-likeness (QED) is 0.859. The first-order chi connectivity index (χ1) is 9.61. The van der Waals surface area contributed by atoms with Crippen molar-refractivity contribution < 1.29 is 4.39 Å². The summed E-state index contributed by atoms with van der Waals surface area (Å²) in [5.74, 6) is -0.314. The fourth-order valence-electron chi connectivity index (χ4n) is 1.99. The van der Waals surface area contributed by atoms with Crippen LogP contribution in [0.15, 0.2) is 42.7 Å². The minimum absolute atomic E-state index is 0.202. The van der Waals surface area contributed by atoms with Gasteiger partial charge in [-0.25, -0.2) is 4.39 Å². The van der Waals surface area contributed by atoms with Crippen molar-refractivity contribution in [3.05, 3.63) is 59.7 Å². The molecule has 0 aliphatic carbocycles. The number of anilines is 1. The molecule has 20 heavy (non-hydrogen) atoms. The van der Waals surface area contributed by atoms with Crippen molar-refractivity contribution in [1.82, 2.24) is 4.98 Å². The highest BCUT2D eigenvalue weighted by molar-refractivity contribution is 7.80. The zero-order valence-corrected chi connectivity index (χ0v) is 12.0. The second kappa shape index (κ2) is 6.43. The summed E-state index contributed by atoms with van der Waals surface area (Å²) < 4.78 is 14.2. The summed E-state index contributed by atoms with van der Waals surface area (Å²) in [5.41, 5.74) is 7.68. The van der Waals surface area contributed by atoms with Crippen LogP contribution in [0.4, 0.5) is 10.1 Å². The van der Waals surface area contributed by atoms with E-state index in [0.717, 1.165) is 5.56 Å². The van der Waals surface area contributed by atoms with Gasteiger partial charge < -0.3 is 10.6 Å². The Morgan fingerprint density at radius 2 is 2.00 bits per heavy atom. The van der Waals surface area contributed by atoms with Crippen molar-refractivity contribution >= 4 is 22.9 Å². The number of hydrogen-bond acceptors (Lipinski definition) is 3. The molecule has 1 aromatic carbocycles. The zero-order valence-electron chi connectivity index (χ0n) is 11.2. The molecule has 0 amide bonds. The molecule has 0 saturated heterocycles. The van der Waals surface area contributed by atoms with E-state index in [1.54, 1.807) is 24.5 Å². The molecule has 0 radical (unpaired) electrons. The second-order valence-electron chi connectivity index (χ2n) is 4.40. The molecule has 0 aliphatic rings. The summed E-state index contributed by atoms with van der Waals surface area (Å²) in [6.07, 6.45) is 3.46. The summed E-state index contributed by atoms with van der Waals surface area (Å²) in [6, 6.07) is 8.69. The summed E-state index contributed by atoms with van der Waals surface area (Å²) in [4.78, 5) is 6.13. The number of rotatable bonds is 5. The van der Waals surface area contributed by atoms with Crippen molar-refractivity contribution in [3.63, 3.8) is 0 Å². The predicted molar refractivity (Wildman–Crippen MR) is 83.2 cm³/mol. The third kappa shape index (κ3) is 3.30. The molecule has 2 rings (SSSR count). The lowest BCUT2D eigenvalue weighted by Gasteiger charge is -2.24. The third-order valence-electron chi connectivity index (χ3n) is 3.08. The molecule has 3 nitrogen and oxygen atoms in total. The summed E-state index contributed by atoms with van der Waals surface area (Å²) >= 11 is 4.85. The molecule has 0 fully saturated rings. The lowest BCUT2D eigenvalue weighted by Crippen LogP contribution is -2.23. The number of pyridine rings is 1. The molecule has 1 aromatic heterocycles. The fourth-order valence-corrected chi connectivity index (χ4v) is 2.12. The Morgan fingerprint density at radius 3 is 2.55 bits per heavy atom. The van der Waals surface area contributed by atoms with Crippen LogP contribution in [0, 0.1) is 5.82 Å². The van der Waals surface area contributed by atoms with E-state index in [0.29, 0.717) is 24.3 Å². The molecular weight excluding hydrogens is 273 g/mol. The first-order valence-electron chi connectivity index (χ1n) is 6.35. The van der Waals surface area contributed by atoms with Crippen LogP contribution in [0.2, 0.25) is 0 Å². The van der Waals surface area contributed by atoms with Gasteiger partial charge >= 0.3 is 0 Å². The minimum Gasteiger partial charge on any atom is -0.389 e. The molecule has 104 valence electrons. The summed E-state index contributed by atoms with van der Waals surface area (Å²) in [6.45, 7) is 3.32. The molecule has 2 aromatic rings.